The molecule has 0 aliphatic heterocycles. The highest BCUT2D eigenvalue weighted by atomic mass is 35.5. The minimum absolute atomic E-state index is 0.0274. The fourth-order valence-corrected chi connectivity index (χ4v) is 2.46. The van der Waals surface area contributed by atoms with Gasteiger partial charge in [0.15, 0.2) is 0 Å². The molecule has 0 atom stereocenters. The zero-order valence-corrected chi connectivity index (χ0v) is 16.7. The smallest absolute Gasteiger partial charge is 0.407 e. The molecule has 0 saturated carbocycles. The molecule has 5 nitrogen and oxygen atoms in total. The van der Waals surface area contributed by atoms with Crippen LogP contribution in [-0.2, 0) is 16.1 Å². The quantitative estimate of drug-likeness (QED) is 0.691. The summed E-state index contributed by atoms with van der Waals surface area (Å²) in [7, 11) is 0. The van der Waals surface area contributed by atoms with Crippen LogP contribution in [0.25, 0.3) is 0 Å². The molecule has 140 valence electrons. The number of benzene rings is 1. The number of alkyl carbamates (subject to hydrolysis) is 1. The normalized spacial score (nSPS) is 11.1. The van der Waals surface area contributed by atoms with E-state index in [0.29, 0.717) is 42.5 Å². The minimum atomic E-state index is -0.529. The molecule has 0 radical (unpaired) electrons. The fourth-order valence-electron chi connectivity index (χ4n) is 2.14. The molecule has 7 heteroatoms. The third-order valence-corrected chi connectivity index (χ3v) is 4.07. The summed E-state index contributed by atoms with van der Waals surface area (Å²) >= 11 is 11.9. The van der Waals surface area contributed by atoms with E-state index in [9.17, 15) is 9.59 Å². The molecule has 1 rings (SSSR count). The van der Waals surface area contributed by atoms with Crippen LogP contribution in [0.3, 0.4) is 0 Å². The molecule has 0 heterocycles. The number of rotatable bonds is 7. The van der Waals surface area contributed by atoms with E-state index in [4.69, 9.17) is 27.9 Å². The van der Waals surface area contributed by atoms with Gasteiger partial charge in [-0.15, -0.1) is 0 Å². The molecular formula is C18H26Cl2N2O3. The van der Waals surface area contributed by atoms with Gasteiger partial charge in [-0.3, -0.25) is 4.79 Å². The van der Waals surface area contributed by atoms with Gasteiger partial charge in [0, 0.05) is 26.1 Å². The number of carbonyl (C=O) groups is 2. The zero-order chi connectivity index (χ0) is 19.0. The summed E-state index contributed by atoms with van der Waals surface area (Å²) in [5.41, 5.74) is 0.398. The Morgan fingerprint density at radius 3 is 2.44 bits per heavy atom. The van der Waals surface area contributed by atoms with Crippen LogP contribution in [0.4, 0.5) is 4.79 Å². The van der Waals surface area contributed by atoms with Crippen LogP contribution >= 0.6 is 23.2 Å². The van der Waals surface area contributed by atoms with Gasteiger partial charge in [-0.05, 0) is 51.8 Å². The summed E-state index contributed by atoms with van der Waals surface area (Å²) in [6.07, 6.45) is 0.434. The molecule has 25 heavy (non-hydrogen) atoms. The van der Waals surface area contributed by atoms with Crippen molar-refractivity contribution in [2.24, 2.45) is 0 Å². The standard InChI is InChI=1S/C18H26Cl2N2O3/c1-5-22(12-13-8-9-14(19)15(20)11-13)16(23)7-6-10-21-17(24)25-18(2,3)4/h8-9,11H,5-7,10,12H2,1-4H3,(H,21,24). The molecule has 0 bridgehead atoms. The molecule has 2 amide bonds. The Labute approximate surface area is 159 Å². The van der Waals surface area contributed by atoms with Crippen molar-refractivity contribution in [3.05, 3.63) is 33.8 Å². The summed E-state index contributed by atoms with van der Waals surface area (Å²) < 4.78 is 5.14. The molecule has 0 fully saturated rings. The van der Waals surface area contributed by atoms with Crippen LogP contribution in [-0.4, -0.2) is 35.6 Å². The summed E-state index contributed by atoms with van der Waals surface area (Å²) in [4.78, 5) is 25.6. The van der Waals surface area contributed by atoms with E-state index in [2.05, 4.69) is 5.32 Å². The third kappa shape index (κ3) is 8.45. The number of nitrogens with zero attached hydrogens (tertiary/aromatic N) is 1. The van der Waals surface area contributed by atoms with Crippen LogP contribution < -0.4 is 5.32 Å². The number of hydrogen-bond acceptors (Lipinski definition) is 3. The first kappa shape index (κ1) is 21.6. The second-order valence-corrected chi connectivity index (χ2v) is 7.50. The fraction of sp³-hybridized carbons (Fsp3) is 0.556. The monoisotopic (exact) mass is 388 g/mol. The van der Waals surface area contributed by atoms with Crippen molar-refractivity contribution in [1.82, 2.24) is 10.2 Å². The van der Waals surface area contributed by atoms with Crippen LogP contribution in [0, 0.1) is 0 Å². The van der Waals surface area contributed by atoms with Crippen molar-refractivity contribution in [1.29, 1.82) is 0 Å². The number of nitrogens with one attached hydrogen (secondary N) is 1. The number of hydrogen-bond donors (Lipinski definition) is 1. The minimum Gasteiger partial charge on any atom is -0.444 e. The van der Waals surface area contributed by atoms with Crippen molar-refractivity contribution in [2.75, 3.05) is 13.1 Å². The second-order valence-electron chi connectivity index (χ2n) is 6.69. The molecule has 0 unspecified atom stereocenters. The first-order valence-electron chi connectivity index (χ1n) is 8.31. The lowest BCUT2D eigenvalue weighted by Gasteiger charge is -2.22. The molecular weight excluding hydrogens is 363 g/mol. The lowest BCUT2D eigenvalue weighted by molar-refractivity contribution is -0.131. The van der Waals surface area contributed by atoms with E-state index in [-0.39, 0.29) is 5.91 Å². The van der Waals surface area contributed by atoms with Gasteiger partial charge in [0.25, 0.3) is 0 Å². The highest BCUT2D eigenvalue weighted by Crippen LogP contribution is 2.23. The Morgan fingerprint density at radius 2 is 1.88 bits per heavy atom. The third-order valence-electron chi connectivity index (χ3n) is 3.33. The Hall–Kier alpha value is -1.46. The van der Waals surface area contributed by atoms with Crippen molar-refractivity contribution in [3.63, 3.8) is 0 Å². The number of carbonyl (C=O) groups excluding carboxylic acids is 2. The molecule has 1 N–H and O–H groups in total. The van der Waals surface area contributed by atoms with E-state index in [0.717, 1.165) is 5.56 Å². The molecule has 1 aromatic rings. The molecule has 0 aromatic heterocycles. The summed E-state index contributed by atoms with van der Waals surface area (Å²) in [6, 6.07) is 5.35. The van der Waals surface area contributed by atoms with Crippen LogP contribution in [0.5, 0.6) is 0 Å². The number of ether oxygens (including phenoxy) is 1. The average Bonchev–Trinajstić information content (AvgIpc) is 2.50. The molecule has 0 saturated heterocycles. The first-order chi connectivity index (χ1) is 11.6. The highest BCUT2D eigenvalue weighted by molar-refractivity contribution is 6.42. The van der Waals surface area contributed by atoms with Gasteiger partial charge in [0.05, 0.1) is 10.0 Å². The topological polar surface area (TPSA) is 58.6 Å². The summed E-state index contributed by atoms with van der Waals surface area (Å²) in [5, 5.41) is 3.62. The van der Waals surface area contributed by atoms with Gasteiger partial charge in [0.2, 0.25) is 5.91 Å². The van der Waals surface area contributed by atoms with Gasteiger partial charge in [-0.1, -0.05) is 29.3 Å². The predicted octanol–water partition coefficient (Wildman–Crippen LogP) is 4.65. The average molecular weight is 389 g/mol. The van der Waals surface area contributed by atoms with Crippen molar-refractivity contribution >= 4 is 35.2 Å². The van der Waals surface area contributed by atoms with Crippen molar-refractivity contribution in [3.8, 4) is 0 Å². The maximum Gasteiger partial charge on any atom is 0.407 e. The molecule has 1 aromatic carbocycles. The Morgan fingerprint density at radius 1 is 1.20 bits per heavy atom. The van der Waals surface area contributed by atoms with E-state index < -0.39 is 11.7 Å². The van der Waals surface area contributed by atoms with Crippen LogP contribution in [0.1, 0.15) is 46.1 Å². The Balaban J connectivity index is 2.41. The highest BCUT2D eigenvalue weighted by Gasteiger charge is 2.16. The number of halogens is 2. The van der Waals surface area contributed by atoms with Gasteiger partial charge >= 0.3 is 6.09 Å². The van der Waals surface area contributed by atoms with Crippen molar-refractivity contribution < 1.29 is 14.3 Å². The second kappa shape index (κ2) is 9.88. The first-order valence-corrected chi connectivity index (χ1v) is 9.06. The SMILES string of the molecule is CCN(Cc1ccc(Cl)c(Cl)c1)C(=O)CCCNC(=O)OC(C)(C)C. The summed E-state index contributed by atoms with van der Waals surface area (Å²) in [6.45, 7) is 8.80. The zero-order valence-electron chi connectivity index (χ0n) is 15.2. The predicted molar refractivity (Wildman–Crippen MR) is 101 cm³/mol. The van der Waals surface area contributed by atoms with E-state index in [1.54, 1.807) is 37.8 Å². The van der Waals surface area contributed by atoms with Crippen molar-refractivity contribution in [2.45, 2.75) is 52.7 Å². The van der Waals surface area contributed by atoms with Gasteiger partial charge in [0.1, 0.15) is 5.60 Å². The molecule has 0 aliphatic carbocycles. The lowest BCUT2D eigenvalue weighted by atomic mass is 10.2. The molecule has 0 aliphatic rings. The van der Waals surface area contributed by atoms with E-state index in [1.807, 2.05) is 13.0 Å². The summed E-state index contributed by atoms with van der Waals surface area (Å²) in [5.74, 6) is 0.0274. The van der Waals surface area contributed by atoms with E-state index in [1.165, 1.54) is 0 Å². The van der Waals surface area contributed by atoms with Crippen LogP contribution in [0.15, 0.2) is 18.2 Å². The van der Waals surface area contributed by atoms with Gasteiger partial charge in [-0.25, -0.2) is 4.79 Å². The van der Waals surface area contributed by atoms with E-state index >= 15 is 0 Å². The lowest BCUT2D eigenvalue weighted by Crippen LogP contribution is -2.34. The number of amides is 2. The maximum atomic E-state index is 12.3. The molecule has 0 spiro atoms. The van der Waals surface area contributed by atoms with Gasteiger partial charge < -0.3 is 15.0 Å². The maximum absolute atomic E-state index is 12.3. The Bertz CT molecular complexity index is 600. The Kier molecular flexibility index (Phi) is 8.53. The van der Waals surface area contributed by atoms with Gasteiger partial charge in [-0.2, -0.15) is 0 Å². The van der Waals surface area contributed by atoms with Crippen LogP contribution in [0.2, 0.25) is 10.0 Å². The largest absolute Gasteiger partial charge is 0.444 e.